The van der Waals surface area contributed by atoms with Gasteiger partial charge in [-0.1, -0.05) is 34.6 Å². The molecule has 0 aromatic carbocycles. The van der Waals surface area contributed by atoms with E-state index in [4.69, 9.17) is 4.74 Å². The zero-order chi connectivity index (χ0) is 17.9. The molecule has 2 atom stereocenters. The van der Waals surface area contributed by atoms with Gasteiger partial charge in [0.15, 0.2) is 0 Å². The number of rotatable bonds is 3. The number of hydrogen-bond acceptors (Lipinski definition) is 3. The van der Waals surface area contributed by atoms with Crippen molar-refractivity contribution in [2.45, 2.75) is 59.9 Å². The second-order valence-corrected chi connectivity index (χ2v) is 8.73. The maximum Gasteiger partial charge on any atom is 0.227 e. The van der Waals surface area contributed by atoms with Gasteiger partial charge in [0.1, 0.15) is 0 Å². The molecule has 0 aliphatic carbocycles. The molecule has 0 saturated carbocycles. The number of ether oxygens (including phenoxy) is 1. The Kier molecular flexibility index (Phi) is 6.29. The fourth-order valence-corrected chi connectivity index (χ4v) is 3.76. The van der Waals surface area contributed by atoms with Crippen molar-refractivity contribution in [2.75, 3.05) is 32.8 Å². The standard InChI is InChI=1S/C19H34N2O3/c1-14(2)11-16-13-24-10-9-21(16)17(22)15-7-6-8-20(12-15)18(23)19(3,4)5/h14-16H,6-13H2,1-5H3/t15-,16+/m0/s1. The van der Waals surface area contributed by atoms with Crippen LogP contribution in [0, 0.1) is 17.3 Å². The first-order valence-corrected chi connectivity index (χ1v) is 9.37. The van der Waals surface area contributed by atoms with Crippen LogP contribution in [0.25, 0.3) is 0 Å². The fraction of sp³-hybridized carbons (Fsp3) is 0.895. The Morgan fingerprint density at radius 2 is 1.92 bits per heavy atom. The molecule has 0 aromatic heterocycles. The summed E-state index contributed by atoms with van der Waals surface area (Å²) >= 11 is 0. The average Bonchev–Trinajstić information content (AvgIpc) is 2.52. The van der Waals surface area contributed by atoms with Crippen LogP contribution in [0.2, 0.25) is 0 Å². The summed E-state index contributed by atoms with van der Waals surface area (Å²) in [7, 11) is 0. The Labute approximate surface area is 146 Å². The second-order valence-electron chi connectivity index (χ2n) is 8.73. The fourth-order valence-electron chi connectivity index (χ4n) is 3.76. The van der Waals surface area contributed by atoms with Gasteiger partial charge in [-0.05, 0) is 25.2 Å². The number of carbonyl (C=O) groups excluding carboxylic acids is 2. The number of nitrogens with zero attached hydrogens (tertiary/aromatic N) is 2. The minimum absolute atomic E-state index is 0.0576. The predicted molar refractivity (Wildman–Crippen MR) is 94.5 cm³/mol. The molecule has 2 heterocycles. The van der Waals surface area contributed by atoms with Gasteiger partial charge in [-0.15, -0.1) is 0 Å². The molecule has 0 N–H and O–H groups in total. The van der Waals surface area contributed by atoms with Gasteiger partial charge in [-0.25, -0.2) is 0 Å². The molecule has 5 nitrogen and oxygen atoms in total. The number of likely N-dealkylation sites (tertiary alicyclic amines) is 1. The van der Waals surface area contributed by atoms with E-state index in [0.29, 0.717) is 32.2 Å². The van der Waals surface area contributed by atoms with Crippen LogP contribution in [-0.2, 0) is 14.3 Å². The van der Waals surface area contributed by atoms with Crippen LogP contribution in [0.3, 0.4) is 0 Å². The summed E-state index contributed by atoms with van der Waals surface area (Å²) in [6, 6.07) is 0.181. The minimum atomic E-state index is -0.385. The molecule has 0 bridgehead atoms. The van der Waals surface area contributed by atoms with Gasteiger partial charge in [0.2, 0.25) is 11.8 Å². The highest BCUT2D eigenvalue weighted by Crippen LogP contribution is 2.26. The summed E-state index contributed by atoms with van der Waals surface area (Å²) in [4.78, 5) is 29.6. The van der Waals surface area contributed by atoms with Crippen molar-refractivity contribution < 1.29 is 14.3 Å². The molecule has 138 valence electrons. The highest BCUT2D eigenvalue weighted by Gasteiger charge is 2.37. The van der Waals surface area contributed by atoms with E-state index in [1.807, 2.05) is 30.6 Å². The first kappa shape index (κ1) is 19.2. The number of hydrogen-bond donors (Lipinski definition) is 0. The van der Waals surface area contributed by atoms with Crippen molar-refractivity contribution in [2.24, 2.45) is 17.3 Å². The van der Waals surface area contributed by atoms with E-state index >= 15 is 0 Å². The van der Waals surface area contributed by atoms with Crippen molar-refractivity contribution in [3.05, 3.63) is 0 Å². The third-order valence-corrected chi connectivity index (χ3v) is 4.95. The SMILES string of the molecule is CC(C)C[C@@H]1COCCN1C(=O)[C@H]1CCCN(C(=O)C(C)(C)C)C1. The molecular formula is C19H34N2O3. The monoisotopic (exact) mass is 338 g/mol. The molecule has 2 saturated heterocycles. The van der Waals surface area contributed by atoms with Crippen molar-refractivity contribution in [3.63, 3.8) is 0 Å². The lowest BCUT2D eigenvalue weighted by atomic mass is 9.90. The smallest absolute Gasteiger partial charge is 0.227 e. The minimum Gasteiger partial charge on any atom is -0.377 e. The molecular weight excluding hydrogens is 304 g/mol. The average molecular weight is 338 g/mol. The first-order valence-electron chi connectivity index (χ1n) is 9.37. The highest BCUT2D eigenvalue weighted by molar-refractivity contribution is 5.84. The molecule has 2 aliphatic heterocycles. The Morgan fingerprint density at radius 1 is 1.21 bits per heavy atom. The Hall–Kier alpha value is -1.10. The van der Waals surface area contributed by atoms with E-state index in [1.54, 1.807) is 0 Å². The number of morpholine rings is 1. The van der Waals surface area contributed by atoms with Gasteiger partial charge in [-0.3, -0.25) is 9.59 Å². The quantitative estimate of drug-likeness (QED) is 0.794. The van der Waals surface area contributed by atoms with Crippen molar-refractivity contribution in [1.82, 2.24) is 9.80 Å². The van der Waals surface area contributed by atoms with Crippen LogP contribution in [-0.4, -0.2) is 60.5 Å². The number of carbonyl (C=O) groups is 2. The van der Waals surface area contributed by atoms with E-state index in [2.05, 4.69) is 13.8 Å². The third-order valence-electron chi connectivity index (χ3n) is 4.95. The molecule has 2 fully saturated rings. The molecule has 2 amide bonds. The molecule has 2 rings (SSSR count). The normalized spacial score (nSPS) is 25.9. The Bertz CT molecular complexity index is 456. The van der Waals surface area contributed by atoms with Gasteiger partial charge in [-0.2, -0.15) is 0 Å². The van der Waals surface area contributed by atoms with Crippen LogP contribution in [0.15, 0.2) is 0 Å². The molecule has 0 unspecified atom stereocenters. The van der Waals surface area contributed by atoms with Crippen LogP contribution >= 0.6 is 0 Å². The molecule has 0 spiro atoms. The molecule has 2 aliphatic rings. The molecule has 0 aromatic rings. The van der Waals surface area contributed by atoms with Crippen LogP contribution in [0.4, 0.5) is 0 Å². The lowest BCUT2D eigenvalue weighted by Crippen LogP contribution is -2.54. The van der Waals surface area contributed by atoms with Crippen molar-refractivity contribution in [1.29, 1.82) is 0 Å². The first-order chi connectivity index (χ1) is 11.2. The lowest BCUT2D eigenvalue weighted by molar-refractivity contribution is -0.150. The molecule has 0 radical (unpaired) electrons. The van der Waals surface area contributed by atoms with E-state index in [-0.39, 0.29) is 29.2 Å². The van der Waals surface area contributed by atoms with Gasteiger partial charge >= 0.3 is 0 Å². The second kappa shape index (κ2) is 7.85. The summed E-state index contributed by atoms with van der Waals surface area (Å²) in [5.74, 6) is 0.853. The summed E-state index contributed by atoms with van der Waals surface area (Å²) in [5, 5.41) is 0. The zero-order valence-corrected chi connectivity index (χ0v) is 16.0. The Morgan fingerprint density at radius 3 is 2.54 bits per heavy atom. The van der Waals surface area contributed by atoms with E-state index in [9.17, 15) is 9.59 Å². The van der Waals surface area contributed by atoms with Gasteiger partial charge in [0.05, 0.1) is 25.2 Å². The van der Waals surface area contributed by atoms with E-state index in [0.717, 1.165) is 25.8 Å². The van der Waals surface area contributed by atoms with Gasteiger partial charge in [0, 0.05) is 25.0 Å². The van der Waals surface area contributed by atoms with Crippen LogP contribution in [0.1, 0.15) is 53.9 Å². The van der Waals surface area contributed by atoms with Gasteiger partial charge < -0.3 is 14.5 Å². The maximum atomic E-state index is 13.1. The van der Waals surface area contributed by atoms with Crippen LogP contribution in [0.5, 0.6) is 0 Å². The molecule has 24 heavy (non-hydrogen) atoms. The largest absolute Gasteiger partial charge is 0.377 e. The summed E-state index contributed by atoms with van der Waals surface area (Å²) in [5.41, 5.74) is -0.385. The van der Waals surface area contributed by atoms with E-state index < -0.39 is 0 Å². The van der Waals surface area contributed by atoms with Crippen molar-refractivity contribution >= 4 is 11.8 Å². The predicted octanol–water partition coefficient (Wildman–Crippen LogP) is 2.54. The highest BCUT2D eigenvalue weighted by atomic mass is 16.5. The molecule has 5 heteroatoms. The summed E-state index contributed by atoms with van der Waals surface area (Å²) in [6.45, 7) is 13.5. The van der Waals surface area contributed by atoms with Gasteiger partial charge in [0.25, 0.3) is 0 Å². The summed E-state index contributed by atoms with van der Waals surface area (Å²) < 4.78 is 5.60. The van der Waals surface area contributed by atoms with Crippen molar-refractivity contribution in [3.8, 4) is 0 Å². The maximum absolute atomic E-state index is 13.1. The number of amides is 2. The lowest BCUT2D eigenvalue weighted by Gasteiger charge is -2.41. The Balaban J connectivity index is 2.03. The summed E-state index contributed by atoms with van der Waals surface area (Å²) in [6.07, 6.45) is 2.78. The number of piperidine rings is 1. The van der Waals surface area contributed by atoms with E-state index in [1.165, 1.54) is 0 Å². The third kappa shape index (κ3) is 4.71. The topological polar surface area (TPSA) is 49.9 Å². The zero-order valence-electron chi connectivity index (χ0n) is 16.0. The van der Waals surface area contributed by atoms with Crippen LogP contribution < -0.4 is 0 Å².